The lowest BCUT2D eigenvalue weighted by atomic mass is 10.2. The van der Waals surface area contributed by atoms with Gasteiger partial charge < -0.3 is 0 Å². The average Bonchev–Trinajstić information content (AvgIpc) is 2.53. The monoisotopic (exact) mass is 271 g/mol. The summed E-state index contributed by atoms with van der Waals surface area (Å²) < 4.78 is 1.07. The molecule has 0 N–H and O–H groups in total. The van der Waals surface area contributed by atoms with Crippen LogP contribution in [0.25, 0.3) is 10.6 Å². The van der Waals surface area contributed by atoms with Crippen LogP contribution in [0.4, 0.5) is 0 Å². The molecule has 0 unspecified atom stereocenters. The van der Waals surface area contributed by atoms with Crippen molar-refractivity contribution in [2.24, 2.45) is 0 Å². The quantitative estimate of drug-likeness (QED) is 0.778. The van der Waals surface area contributed by atoms with E-state index in [1.54, 1.807) is 11.3 Å². The fourth-order valence-corrected chi connectivity index (χ4v) is 2.68. The Kier molecular flexibility index (Phi) is 2.71. The molecule has 1 nitrogen and oxygen atoms in total. The highest BCUT2D eigenvalue weighted by Gasteiger charge is 2.05. The van der Waals surface area contributed by atoms with Crippen LogP contribution in [0.2, 0.25) is 0 Å². The Morgan fingerprint density at radius 3 is 2.69 bits per heavy atom. The minimum absolute atomic E-state index is 0.774. The maximum Gasteiger partial charge on any atom is 0.125 e. The van der Waals surface area contributed by atoms with E-state index < -0.39 is 0 Å². The molecule has 0 fully saturated rings. The predicted octanol–water partition coefficient (Wildman–Crippen LogP) is 3.86. The number of aromatic nitrogens is 1. The van der Waals surface area contributed by atoms with Crippen molar-refractivity contribution in [1.29, 1.82) is 0 Å². The zero-order chi connectivity index (χ0) is 9.26. The van der Waals surface area contributed by atoms with Gasteiger partial charge in [-0.05, 0) is 6.07 Å². The molecule has 2 rings (SSSR count). The summed E-state index contributed by atoms with van der Waals surface area (Å²) in [6.07, 6.45) is 0. The smallest absolute Gasteiger partial charge is 0.125 e. The molecule has 66 valence electrons. The van der Waals surface area contributed by atoms with Gasteiger partial charge in [0.25, 0.3) is 0 Å². The van der Waals surface area contributed by atoms with Gasteiger partial charge in [0.05, 0.1) is 0 Å². The third-order valence-corrected chi connectivity index (χ3v) is 3.57. The number of thiazole rings is 1. The van der Waals surface area contributed by atoms with Crippen molar-refractivity contribution in [3.8, 4) is 10.6 Å². The van der Waals surface area contributed by atoms with Gasteiger partial charge in [0.1, 0.15) is 10.0 Å². The molecule has 0 aliphatic carbocycles. The van der Waals surface area contributed by atoms with E-state index in [9.17, 15) is 0 Å². The predicted molar refractivity (Wildman–Crippen MR) is 62.5 cm³/mol. The summed E-state index contributed by atoms with van der Waals surface area (Å²) in [5.41, 5.74) is 1.12. The van der Waals surface area contributed by atoms with E-state index in [-0.39, 0.29) is 0 Å². The van der Waals surface area contributed by atoms with Crippen LogP contribution in [0.3, 0.4) is 0 Å². The van der Waals surface area contributed by atoms with E-state index in [4.69, 9.17) is 0 Å². The van der Waals surface area contributed by atoms with Crippen LogP contribution in [0.5, 0.6) is 0 Å². The Hall–Kier alpha value is -0.320. The van der Waals surface area contributed by atoms with Gasteiger partial charge in [-0.3, -0.25) is 0 Å². The molecule has 1 aromatic heterocycles. The fourth-order valence-electron chi connectivity index (χ4n) is 1.02. The summed E-state index contributed by atoms with van der Waals surface area (Å²) in [6, 6.07) is 8.04. The second-order valence-corrected chi connectivity index (χ2v) is 4.66. The lowest BCUT2D eigenvalue weighted by Gasteiger charge is -1.97. The Bertz CT molecular complexity index is 425. The summed E-state index contributed by atoms with van der Waals surface area (Å²) in [7, 11) is 0. The first kappa shape index (κ1) is 9.24. The Balaban J connectivity index is 2.52. The Morgan fingerprint density at radius 1 is 1.31 bits per heavy atom. The van der Waals surface area contributed by atoms with E-state index in [1.165, 1.54) is 0 Å². The van der Waals surface area contributed by atoms with Crippen LogP contribution < -0.4 is 0 Å². The van der Waals surface area contributed by atoms with Gasteiger partial charge in [-0.1, -0.05) is 34.1 Å². The summed E-state index contributed by atoms with van der Waals surface area (Å²) in [5.74, 6) is 0. The minimum Gasteiger partial charge on any atom is -0.230 e. The maximum absolute atomic E-state index is 4.29. The Morgan fingerprint density at radius 2 is 2.08 bits per heavy atom. The van der Waals surface area contributed by atoms with E-state index in [1.807, 2.05) is 29.6 Å². The summed E-state index contributed by atoms with van der Waals surface area (Å²) >= 11 is 9.26. The zero-order valence-electron chi connectivity index (χ0n) is 6.57. The van der Waals surface area contributed by atoms with Crippen molar-refractivity contribution in [2.75, 3.05) is 0 Å². The van der Waals surface area contributed by atoms with Crippen LogP contribution in [0.1, 0.15) is 0 Å². The standard InChI is InChI=1S/C9H6BrNS2/c10-7-4-2-1-3-6(7)9-11-8(12)5-13-9/h1-5,12H. The Labute approximate surface area is 94.4 Å². The number of benzene rings is 1. The average molecular weight is 272 g/mol. The number of halogens is 1. The third-order valence-electron chi connectivity index (χ3n) is 1.60. The lowest BCUT2D eigenvalue weighted by molar-refractivity contribution is 1.22. The van der Waals surface area contributed by atoms with Crippen molar-refractivity contribution >= 4 is 39.9 Å². The first-order valence-electron chi connectivity index (χ1n) is 3.67. The molecule has 0 aliphatic rings. The number of thiol groups is 1. The first-order valence-corrected chi connectivity index (χ1v) is 5.79. The molecule has 0 saturated heterocycles. The molecule has 1 heterocycles. The van der Waals surface area contributed by atoms with E-state index >= 15 is 0 Å². The zero-order valence-corrected chi connectivity index (χ0v) is 9.86. The van der Waals surface area contributed by atoms with Crippen LogP contribution in [0.15, 0.2) is 39.1 Å². The van der Waals surface area contributed by atoms with Crippen LogP contribution in [0, 0.1) is 0 Å². The molecule has 0 atom stereocenters. The number of nitrogens with zero attached hydrogens (tertiary/aromatic N) is 1. The van der Waals surface area contributed by atoms with Gasteiger partial charge in [-0.2, -0.15) is 0 Å². The SMILES string of the molecule is Sc1csc(-c2ccccc2Br)n1. The van der Waals surface area contributed by atoms with E-state index in [0.29, 0.717) is 0 Å². The third kappa shape index (κ3) is 1.95. The largest absolute Gasteiger partial charge is 0.230 e. The van der Waals surface area contributed by atoms with E-state index in [0.717, 1.165) is 20.1 Å². The van der Waals surface area contributed by atoms with Crippen molar-refractivity contribution in [3.05, 3.63) is 34.1 Å². The molecule has 0 saturated carbocycles. The topological polar surface area (TPSA) is 12.9 Å². The van der Waals surface area contributed by atoms with Gasteiger partial charge in [-0.15, -0.1) is 24.0 Å². The highest BCUT2D eigenvalue weighted by atomic mass is 79.9. The van der Waals surface area contributed by atoms with Gasteiger partial charge in [0.15, 0.2) is 0 Å². The van der Waals surface area contributed by atoms with Crippen LogP contribution >= 0.6 is 39.9 Å². The van der Waals surface area contributed by atoms with Crippen LogP contribution in [-0.4, -0.2) is 4.98 Å². The second-order valence-electron chi connectivity index (χ2n) is 2.49. The molecular formula is C9H6BrNS2. The molecular weight excluding hydrogens is 266 g/mol. The van der Waals surface area contributed by atoms with Gasteiger partial charge in [0.2, 0.25) is 0 Å². The molecule has 0 spiro atoms. The first-order chi connectivity index (χ1) is 6.27. The van der Waals surface area contributed by atoms with Crippen molar-refractivity contribution in [3.63, 3.8) is 0 Å². The maximum atomic E-state index is 4.29. The minimum atomic E-state index is 0.774. The molecule has 1 aromatic carbocycles. The van der Waals surface area contributed by atoms with Crippen molar-refractivity contribution in [1.82, 2.24) is 4.98 Å². The number of rotatable bonds is 1. The fraction of sp³-hybridized carbons (Fsp3) is 0. The normalized spacial score (nSPS) is 10.3. The summed E-state index contributed by atoms with van der Waals surface area (Å²) in [4.78, 5) is 4.29. The van der Waals surface area contributed by atoms with Crippen molar-refractivity contribution in [2.45, 2.75) is 5.03 Å². The second kappa shape index (κ2) is 3.82. The molecule has 0 amide bonds. The molecule has 4 heteroatoms. The number of hydrogen-bond acceptors (Lipinski definition) is 3. The van der Waals surface area contributed by atoms with Crippen molar-refractivity contribution < 1.29 is 0 Å². The summed E-state index contributed by atoms with van der Waals surface area (Å²) in [5, 5.41) is 3.70. The van der Waals surface area contributed by atoms with Gasteiger partial charge in [-0.25, -0.2) is 4.98 Å². The van der Waals surface area contributed by atoms with Crippen LogP contribution in [-0.2, 0) is 0 Å². The lowest BCUT2D eigenvalue weighted by Crippen LogP contribution is -1.76. The number of hydrogen-bond donors (Lipinski definition) is 1. The molecule has 13 heavy (non-hydrogen) atoms. The van der Waals surface area contributed by atoms with Gasteiger partial charge >= 0.3 is 0 Å². The molecule has 0 bridgehead atoms. The highest BCUT2D eigenvalue weighted by molar-refractivity contribution is 9.10. The highest BCUT2D eigenvalue weighted by Crippen LogP contribution is 2.30. The summed E-state index contributed by atoms with van der Waals surface area (Å²) in [6.45, 7) is 0. The molecule has 0 radical (unpaired) electrons. The van der Waals surface area contributed by atoms with Gasteiger partial charge in [0, 0.05) is 15.4 Å². The molecule has 2 aromatic rings. The molecule has 0 aliphatic heterocycles. The van der Waals surface area contributed by atoms with E-state index in [2.05, 4.69) is 33.5 Å².